The van der Waals surface area contributed by atoms with E-state index in [0.29, 0.717) is 5.82 Å². The molecule has 3 aromatic rings. The van der Waals surface area contributed by atoms with Crippen molar-refractivity contribution in [3.05, 3.63) is 46.2 Å². The van der Waals surface area contributed by atoms with E-state index in [4.69, 9.17) is 28.9 Å². The van der Waals surface area contributed by atoms with E-state index < -0.39 is 11.7 Å². The SMILES string of the molecule is Cn1ccc(-n2nc(Cl)c(-c3cc(Cl)cc(C(F)(F)F)c3)c2N)n1. The van der Waals surface area contributed by atoms with Crippen molar-refractivity contribution in [1.29, 1.82) is 0 Å². The highest BCUT2D eigenvalue weighted by atomic mass is 35.5. The summed E-state index contributed by atoms with van der Waals surface area (Å²) in [5.74, 6) is 0.454. The molecular weight excluding hydrogens is 366 g/mol. The summed E-state index contributed by atoms with van der Waals surface area (Å²) in [6.07, 6.45) is -2.87. The van der Waals surface area contributed by atoms with Gasteiger partial charge in [0.2, 0.25) is 0 Å². The molecule has 0 radical (unpaired) electrons. The van der Waals surface area contributed by atoms with Gasteiger partial charge in [-0.15, -0.1) is 0 Å². The zero-order chi connectivity index (χ0) is 17.6. The van der Waals surface area contributed by atoms with Crippen molar-refractivity contribution in [2.75, 3.05) is 5.73 Å². The van der Waals surface area contributed by atoms with Crippen molar-refractivity contribution >= 4 is 29.0 Å². The van der Waals surface area contributed by atoms with Gasteiger partial charge in [0.05, 0.1) is 11.1 Å². The first-order valence-corrected chi connectivity index (χ1v) is 7.34. The lowest BCUT2D eigenvalue weighted by Crippen LogP contribution is -2.06. The van der Waals surface area contributed by atoms with Gasteiger partial charge in [0, 0.05) is 24.3 Å². The lowest BCUT2D eigenvalue weighted by atomic mass is 10.0. The van der Waals surface area contributed by atoms with Gasteiger partial charge in [-0.3, -0.25) is 4.68 Å². The molecule has 2 N–H and O–H groups in total. The van der Waals surface area contributed by atoms with Gasteiger partial charge in [-0.25, -0.2) is 0 Å². The highest BCUT2D eigenvalue weighted by molar-refractivity contribution is 6.33. The minimum Gasteiger partial charge on any atom is -0.383 e. The van der Waals surface area contributed by atoms with Crippen LogP contribution >= 0.6 is 23.2 Å². The van der Waals surface area contributed by atoms with Gasteiger partial charge in [-0.1, -0.05) is 23.2 Å². The average molecular weight is 376 g/mol. The molecule has 0 atom stereocenters. The Morgan fingerprint density at radius 2 is 1.83 bits per heavy atom. The molecule has 2 heterocycles. The highest BCUT2D eigenvalue weighted by Gasteiger charge is 2.32. The molecule has 0 aliphatic heterocycles. The van der Waals surface area contributed by atoms with Crippen LogP contribution in [0.3, 0.4) is 0 Å². The summed E-state index contributed by atoms with van der Waals surface area (Å²) < 4.78 is 41.7. The van der Waals surface area contributed by atoms with E-state index in [-0.39, 0.29) is 27.1 Å². The summed E-state index contributed by atoms with van der Waals surface area (Å²) in [7, 11) is 1.71. The summed E-state index contributed by atoms with van der Waals surface area (Å²) in [5.41, 5.74) is 5.42. The molecule has 0 aliphatic carbocycles. The van der Waals surface area contributed by atoms with Crippen molar-refractivity contribution in [3.8, 4) is 16.9 Å². The average Bonchev–Trinajstić information content (AvgIpc) is 3.01. The molecule has 1 aromatic carbocycles. The van der Waals surface area contributed by atoms with Gasteiger partial charge in [0.1, 0.15) is 5.82 Å². The van der Waals surface area contributed by atoms with Gasteiger partial charge in [0.25, 0.3) is 0 Å². The van der Waals surface area contributed by atoms with E-state index in [2.05, 4.69) is 10.2 Å². The van der Waals surface area contributed by atoms with Crippen LogP contribution in [-0.2, 0) is 13.2 Å². The Hall–Kier alpha value is -2.19. The first-order chi connectivity index (χ1) is 11.2. The summed E-state index contributed by atoms with van der Waals surface area (Å²) in [4.78, 5) is 0. The van der Waals surface area contributed by atoms with Crippen LogP contribution in [0, 0.1) is 0 Å². The van der Waals surface area contributed by atoms with Crippen LogP contribution in [0.15, 0.2) is 30.5 Å². The van der Waals surface area contributed by atoms with Crippen LogP contribution in [0.4, 0.5) is 19.0 Å². The summed E-state index contributed by atoms with van der Waals surface area (Å²) in [5, 5.41) is 8.06. The molecular formula is C14H10Cl2F3N5. The second-order valence-electron chi connectivity index (χ2n) is 5.04. The number of aryl methyl sites for hydroxylation is 1. The molecule has 2 aromatic heterocycles. The molecule has 0 unspecified atom stereocenters. The van der Waals surface area contributed by atoms with E-state index in [1.165, 1.54) is 15.4 Å². The van der Waals surface area contributed by atoms with Crippen molar-refractivity contribution in [2.45, 2.75) is 6.18 Å². The van der Waals surface area contributed by atoms with Crippen molar-refractivity contribution in [3.63, 3.8) is 0 Å². The first-order valence-electron chi connectivity index (χ1n) is 6.59. The number of anilines is 1. The smallest absolute Gasteiger partial charge is 0.383 e. The fourth-order valence-electron chi connectivity index (χ4n) is 2.26. The van der Waals surface area contributed by atoms with Crippen LogP contribution in [0.25, 0.3) is 16.9 Å². The number of nitrogens with zero attached hydrogens (tertiary/aromatic N) is 4. The Kier molecular flexibility index (Phi) is 3.97. The number of nitrogen functional groups attached to an aromatic ring is 1. The van der Waals surface area contributed by atoms with Gasteiger partial charge < -0.3 is 5.73 Å². The Morgan fingerprint density at radius 1 is 1.12 bits per heavy atom. The summed E-state index contributed by atoms with van der Waals surface area (Å²) >= 11 is 11.9. The fourth-order valence-corrected chi connectivity index (χ4v) is 2.77. The number of hydrogen-bond acceptors (Lipinski definition) is 3. The molecule has 5 nitrogen and oxygen atoms in total. The predicted molar refractivity (Wildman–Crippen MR) is 85.2 cm³/mol. The van der Waals surface area contributed by atoms with Gasteiger partial charge >= 0.3 is 6.18 Å². The normalized spacial score (nSPS) is 11.9. The molecule has 0 fully saturated rings. The molecule has 0 amide bonds. The van der Waals surface area contributed by atoms with Crippen molar-refractivity contribution < 1.29 is 13.2 Å². The zero-order valence-corrected chi connectivity index (χ0v) is 13.7. The summed E-state index contributed by atoms with van der Waals surface area (Å²) in [6, 6.07) is 4.74. The molecule has 0 saturated heterocycles. The molecule has 126 valence electrons. The molecule has 0 aliphatic rings. The quantitative estimate of drug-likeness (QED) is 0.730. The van der Waals surface area contributed by atoms with E-state index in [1.54, 1.807) is 19.3 Å². The van der Waals surface area contributed by atoms with E-state index in [1.807, 2.05) is 0 Å². The minimum absolute atomic E-state index is 0.0476. The maximum Gasteiger partial charge on any atom is 0.416 e. The molecule has 0 saturated carbocycles. The molecule has 24 heavy (non-hydrogen) atoms. The number of halogens is 5. The largest absolute Gasteiger partial charge is 0.416 e. The third-order valence-electron chi connectivity index (χ3n) is 3.31. The number of rotatable bonds is 2. The van der Waals surface area contributed by atoms with Crippen LogP contribution in [0.1, 0.15) is 5.56 Å². The third kappa shape index (κ3) is 2.94. The number of nitrogens with two attached hydrogens (primary N) is 1. The van der Waals surface area contributed by atoms with E-state index >= 15 is 0 Å². The van der Waals surface area contributed by atoms with Gasteiger partial charge in [-0.05, 0) is 23.8 Å². The Balaban J connectivity index is 2.17. The van der Waals surface area contributed by atoms with Crippen molar-refractivity contribution in [2.24, 2.45) is 7.05 Å². The number of benzene rings is 1. The molecule has 0 spiro atoms. The number of aromatic nitrogens is 4. The van der Waals surface area contributed by atoms with Crippen molar-refractivity contribution in [1.82, 2.24) is 19.6 Å². The van der Waals surface area contributed by atoms with Gasteiger partial charge in [0.15, 0.2) is 11.0 Å². The summed E-state index contributed by atoms with van der Waals surface area (Å²) in [6.45, 7) is 0. The second kappa shape index (κ2) is 5.71. The fraction of sp³-hybridized carbons (Fsp3) is 0.143. The second-order valence-corrected chi connectivity index (χ2v) is 5.83. The topological polar surface area (TPSA) is 61.7 Å². The molecule has 3 rings (SSSR count). The molecule has 0 bridgehead atoms. The molecule has 10 heteroatoms. The maximum absolute atomic E-state index is 13.0. The number of hydrogen-bond donors (Lipinski definition) is 1. The Morgan fingerprint density at radius 3 is 2.42 bits per heavy atom. The zero-order valence-electron chi connectivity index (χ0n) is 12.1. The lowest BCUT2D eigenvalue weighted by molar-refractivity contribution is -0.137. The standard InChI is InChI=1S/C14H10Cl2F3N5/c1-23-3-2-10(21-23)24-13(20)11(12(16)22-24)7-4-8(14(17,18)19)6-9(15)5-7/h2-6H,20H2,1H3. The highest BCUT2D eigenvalue weighted by Crippen LogP contribution is 2.39. The van der Waals surface area contributed by atoms with Crippen LogP contribution in [0.2, 0.25) is 10.2 Å². The monoisotopic (exact) mass is 375 g/mol. The Labute approximate surface area is 144 Å². The van der Waals surface area contributed by atoms with Crippen LogP contribution < -0.4 is 5.73 Å². The number of alkyl halides is 3. The first kappa shape index (κ1) is 16.7. The van der Waals surface area contributed by atoms with E-state index in [9.17, 15) is 13.2 Å². The lowest BCUT2D eigenvalue weighted by Gasteiger charge is -2.10. The third-order valence-corrected chi connectivity index (χ3v) is 3.79. The van der Waals surface area contributed by atoms with Gasteiger partial charge in [-0.2, -0.15) is 28.1 Å². The van der Waals surface area contributed by atoms with E-state index in [0.717, 1.165) is 12.1 Å². The Bertz CT molecular complexity index is 914. The van der Waals surface area contributed by atoms with Crippen LogP contribution in [0.5, 0.6) is 0 Å². The predicted octanol–water partition coefficient (Wildman–Crippen LogP) is 4.18. The van der Waals surface area contributed by atoms with Crippen LogP contribution in [-0.4, -0.2) is 19.6 Å². The maximum atomic E-state index is 13.0. The minimum atomic E-state index is -4.54.